The van der Waals surface area contributed by atoms with Gasteiger partial charge in [0.25, 0.3) is 0 Å². The molecular formula is C18H19Cl3N2O2S. The van der Waals surface area contributed by atoms with Crippen LogP contribution in [-0.4, -0.2) is 27.3 Å². The highest BCUT2D eigenvalue weighted by Gasteiger charge is 2.32. The van der Waals surface area contributed by atoms with Gasteiger partial charge in [0, 0.05) is 22.6 Å². The van der Waals surface area contributed by atoms with Crippen molar-refractivity contribution in [2.45, 2.75) is 24.9 Å². The Balaban J connectivity index is 1.95. The van der Waals surface area contributed by atoms with Crippen molar-refractivity contribution in [2.24, 2.45) is 0 Å². The highest BCUT2D eigenvalue weighted by atomic mass is 35.5. The molecule has 0 saturated carbocycles. The molecule has 1 aliphatic heterocycles. The predicted molar refractivity (Wildman–Crippen MR) is 109 cm³/mol. The summed E-state index contributed by atoms with van der Waals surface area (Å²) in [6, 6.07) is 12.9. The second-order valence-corrected chi connectivity index (χ2v) is 9.53. The van der Waals surface area contributed by atoms with E-state index in [9.17, 15) is 8.42 Å². The van der Waals surface area contributed by atoms with Gasteiger partial charge in [0.2, 0.25) is 10.0 Å². The van der Waals surface area contributed by atoms with E-state index in [2.05, 4.69) is 9.62 Å². The normalized spacial score (nSPS) is 21.0. The zero-order valence-electron chi connectivity index (χ0n) is 14.1. The van der Waals surface area contributed by atoms with Gasteiger partial charge in [-0.1, -0.05) is 46.9 Å². The van der Waals surface area contributed by atoms with E-state index in [4.69, 9.17) is 34.8 Å². The van der Waals surface area contributed by atoms with Crippen molar-refractivity contribution in [1.29, 1.82) is 0 Å². The molecule has 1 heterocycles. The van der Waals surface area contributed by atoms with E-state index < -0.39 is 10.0 Å². The molecule has 0 bridgehead atoms. The van der Waals surface area contributed by atoms with E-state index in [1.165, 1.54) is 6.26 Å². The summed E-state index contributed by atoms with van der Waals surface area (Å²) in [4.78, 5) is 2.20. The summed E-state index contributed by atoms with van der Waals surface area (Å²) in [5.74, 6) is 0. The molecule has 0 spiro atoms. The van der Waals surface area contributed by atoms with Gasteiger partial charge >= 0.3 is 0 Å². The maximum atomic E-state index is 11.7. The van der Waals surface area contributed by atoms with Crippen molar-refractivity contribution in [2.75, 3.05) is 17.7 Å². The summed E-state index contributed by atoms with van der Waals surface area (Å²) in [5, 5.41) is 1.81. The Kier molecular flexibility index (Phi) is 6.04. The average molecular weight is 434 g/mol. The Morgan fingerprint density at radius 3 is 2.31 bits per heavy atom. The molecule has 0 unspecified atom stereocenters. The zero-order chi connectivity index (χ0) is 18.9. The first-order chi connectivity index (χ1) is 12.2. The largest absolute Gasteiger partial charge is 0.363 e. The maximum Gasteiger partial charge on any atom is 0.208 e. The number of halogens is 3. The maximum absolute atomic E-state index is 11.7. The molecule has 8 heteroatoms. The Morgan fingerprint density at radius 2 is 1.69 bits per heavy atom. The van der Waals surface area contributed by atoms with E-state index in [0.29, 0.717) is 34.5 Å². The minimum atomic E-state index is -3.27. The third kappa shape index (κ3) is 4.84. The minimum absolute atomic E-state index is 0.0288. The molecule has 26 heavy (non-hydrogen) atoms. The van der Waals surface area contributed by atoms with Crippen LogP contribution in [0.2, 0.25) is 15.1 Å². The van der Waals surface area contributed by atoms with Crippen molar-refractivity contribution >= 4 is 50.5 Å². The number of hydrogen-bond donors (Lipinski definition) is 1. The van der Waals surface area contributed by atoms with Gasteiger partial charge in [-0.15, -0.1) is 0 Å². The third-order valence-electron chi connectivity index (χ3n) is 4.46. The summed E-state index contributed by atoms with van der Waals surface area (Å²) in [5.41, 5.74) is 1.94. The van der Waals surface area contributed by atoms with Crippen molar-refractivity contribution in [1.82, 2.24) is 4.72 Å². The Morgan fingerprint density at radius 1 is 1.04 bits per heavy atom. The first kappa shape index (κ1) is 19.8. The monoisotopic (exact) mass is 432 g/mol. The van der Waals surface area contributed by atoms with Gasteiger partial charge in [0.15, 0.2) is 0 Å². The third-order valence-corrected chi connectivity index (χ3v) is 6.01. The molecule has 0 amide bonds. The molecule has 1 fully saturated rings. The lowest BCUT2D eigenvalue weighted by molar-refractivity contribution is 0.395. The molecule has 4 nitrogen and oxygen atoms in total. The first-order valence-electron chi connectivity index (χ1n) is 8.17. The summed E-state index contributed by atoms with van der Waals surface area (Å²) in [7, 11) is -3.27. The average Bonchev–Trinajstić information content (AvgIpc) is 2.55. The van der Waals surface area contributed by atoms with Crippen LogP contribution in [0.15, 0.2) is 42.5 Å². The molecule has 0 radical (unpaired) electrons. The molecule has 140 valence electrons. The van der Waals surface area contributed by atoms with Gasteiger partial charge < -0.3 is 4.90 Å². The molecule has 1 aliphatic rings. The van der Waals surface area contributed by atoms with Crippen molar-refractivity contribution < 1.29 is 8.42 Å². The lowest BCUT2D eigenvalue weighted by atomic mass is 9.91. The molecule has 0 aliphatic carbocycles. The highest BCUT2D eigenvalue weighted by Crippen LogP contribution is 2.39. The van der Waals surface area contributed by atoms with Gasteiger partial charge in [-0.3, -0.25) is 0 Å². The summed E-state index contributed by atoms with van der Waals surface area (Å²) in [6.07, 6.45) is 2.51. The van der Waals surface area contributed by atoms with Crippen LogP contribution in [0, 0.1) is 0 Å². The number of hydrogen-bond acceptors (Lipinski definition) is 3. The molecule has 2 atom stereocenters. The van der Waals surface area contributed by atoms with E-state index >= 15 is 0 Å². The van der Waals surface area contributed by atoms with Gasteiger partial charge in [-0.25, -0.2) is 13.1 Å². The van der Waals surface area contributed by atoms with Crippen LogP contribution < -0.4 is 9.62 Å². The molecule has 1 N–H and O–H groups in total. The molecule has 1 saturated heterocycles. The Hall–Kier alpha value is -0.980. The van der Waals surface area contributed by atoms with E-state index in [1.807, 2.05) is 36.4 Å². The molecule has 2 aromatic carbocycles. The summed E-state index contributed by atoms with van der Waals surface area (Å²) >= 11 is 18.5. The van der Waals surface area contributed by atoms with Crippen LogP contribution in [0.5, 0.6) is 0 Å². The van der Waals surface area contributed by atoms with Crippen molar-refractivity contribution in [3.8, 4) is 0 Å². The summed E-state index contributed by atoms with van der Waals surface area (Å²) < 4.78 is 26.0. The lowest BCUT2D eigenvalue weighted by Gasteiger charge is -2.41. The molecular weight excluding hydrogens is 415 g/mol. The highest BCUT2D eigenvalue weighted by molar-refractivity contribution is 7.88. The Labute approximate surface area is 169 Å². The predicted octanol–water partition coefficient (Wildman–Crippen LogP) is 4.91. The summed E-state index contributed by atoms with van der Waals surface area (Å²) in [6.45, 7) is 0.668. The van der Waals surface area contributed by atoms with Crippen LogP contribution in [0.4, 0.5) is 5.69 Å². The van der Waals surface area contributed by atoms with Crippen LogP contribution >= 0.6 is 34.8 Å². The lowest BCUT2D eigenvalue weighted by Crippen LogP contribution is -2.46. The van der Waals surface area contributed by atoms with Crippen LogP contribution in [0.1, 0.15) is 24.4 Å². The number of anilines is 1. The number of piperidine rings is 1. The number of nitrogens with zero attached hydrogens (tertiary/aromatic N) is 1. The second-order valence-electron chi connectivity index (χ2n) is 6.47. The zero-order valence-corrected chi connectivity index (χ0v) is 17.2. The van der Waals surface area contributed by atoms with Crippen LogP contribution in [0.3, 0.4) is 0 Å². The SMILES string of the molecule is CS(=O)(=O)N[C@H]1CCN(c2ccc(Cl)cc2Cl)[C@H](c2ccc(Cl)cc2)C1. The second kappa shape index (κ2) is 7.95. The van der Waals surface area contributed by atoms with E-state index in [1.54, 1.807) is 6.07 Å². The van der Waals surface area contributed by atoms with Crippen LogP contribution in [0.25, 0.3) is 0 Å². The topological polar surface area (TPSA) is 49.4 Å². The van der Waals surface area contributed by atoms with Gasteiger partial charge in [-0.05, 0) is 48.7 Å². The van der Waals surface area contributed by atoms with Crippen molar-refractivity contribution in [3.05, 3.63) is 63.1 Å². The van der Waals surface area contributed by atoms with Crippen molar-refractivity contribution in [3.63, 3.8) is 0 Å². The van der Waals surface area contributed by atoms with Gasteiger partial charge in [-0.2, -0.15) is 0 Å². The molecule has 3 rings (SSSR count). The molecule has 0 aromatic heterocycles. The number of nitrogens with one attached hydrogen (secondary N) is 1. The first-order valence-corrected chi connectivity index (χ1v) is 11.2. The smallest absolute Gasteiger partial charge is 0.208 e. The molecule has 2 aromatic rings. The number of benzene rings is 2. The fourth-order valence-corrected chi connectivity index (χ4v) is 4.84. The fourth-order valence-electron chi connectivity index (χ4n) is 3.38. The van der Waals surface area contributed by atoms with E-state index in [-0.39, 0.29) is 12.1 Å². The quantitative estimate of drug-likeness (QED) is 0.745. The van der Waals surface area contributed by atoms with Gasteiger partial charge in [0.1, 0.15) is 0 Å². The van der Waals surface area contributed by atoms with Gasteiger partial charge in [0.05, 0.1) is 23.0 Å². The van der Waals surface area contributed by atoms with E-state index in [0.717, 1.165) is 11.3 Å². The minimum Gasteiger partial charge on any atom is -0.363 e. The fraction of sp³-hybridized carbons (Fsp3) is 0.333. The number of rotatable bonds is 4. The Bertz CT molecular complexity index is 888. The van der Waals surface area contributed by atoms with Crippen LogP contribution in [-0.2, 0) is 10.0 Å². The standard InChI is InChI=1S/C18H19Cl3N2O2S/c1-26(24,25)22-15-8-9-23(17-7-6-14(20)10-16(17)21)18(11-15)12-2-4-13(19)5-3-12/h2-7,10,15,18,22H,8-9,11H2,1H3/t15-,18-/m0/s1. The number of sulfonamides is 1.